The summed E-state index contributed by atoms with van der Waals surface area (Å²) in [6.45, 7) is 0. The highest BCUT2D eigenvalue weighted by Gasteiger charge is 2.12. The fourth-order valence-corrected chi connectivity index (χ4v) is 1.86. The second-order valence-electron chi connectivity index (χ2n) is 3.59. The standard InChI is InChI=1S/C12H8N2O4S/c15-11(13-12(16)14-19(17)18)10-7-3-5-8-4-1-2-6-9(8)10/h1-7H,(H,13,15,16). The summed E-state index contributed by atoms with van der Waals surface area (Å²) in [7, 11) is -2.88. The van der Waals surface area contributed by atoms with E-state index >= 15 is 0 Å². The number of nitrogens with one attached hydrogen (secondary N) is 1. The zero-order valence-electron chi connectivity index (χ0n) is 9.53. The average Bonchev–Trinajstić information content (AvgIpc) is 2.36. The molecule has 2 aromatic carbocycles. The number of rotatable bonds is 1. The Morgan fingerprint density at radius 1 is 1.00 bits per heavy atom. The van der Waals surface area contributed by atoms with Gasteiger partial charge in [0, 0.05) is 5.56 Å². The largest absolute Gasteiger partial charge is 0.362 e. The van der Waals surface area contributed by atoms with Gasteiger partial charge < -0.3 is 0 Å². The fourth-order valence-electron chi connectivity index (χ4n) is 1.68. The lowest BCUT2D eigenvalue weighted by molar-refractivity contribution is 0.0968. The summed E-state index contributed by atoms with van der Waals surface area (Å²) in [6, 6.07) is 11.0. The Balaban J connectivity index is 2.37. The van der Waals surface area contributed by atoms with Gasteiger partial charge in [-0.15, -0.1) is 0 Å². The van der Waals surface area contributed by atoms with Crippen LogP contribution in [0.15, 0.2) is 46.8 Å². The van der Waals surface area contributed by atoms with Crippen LogP contribution < -0.4 is 5.32 Å². The first-order chi connectivity index (χ1) is 9.08. The Kier molecular flexibility index (Phi) is 3.67. The molecule has 0 saturated carbocycles. The molecule has 0 aliphatic carbocycles. The molecule has 2 rings (SSSR count). The summed E-state index contributed by atoms with van der Waals surface area (Å²) in [5, 5.41) is 3.39. The topological polar surface area (TPSA) is 92.7 Å². The minimum atomic E-state index is -2.88. The third kappa shape index (κ3) is 3.02. The van der Waals surface area contributed by atoms with E-state index in [4.69, 9.17) is 0 Å². The first kappa shape index (κ1) is 12.9. The summed E-state index contributed by atoms with van der Waals surface area (Å²) in [5.74, 6) is -0.698. The van der Waals surface area contributed by atoms with Crippen molar-refractivity contribution in [3.05, 3.63) is 48.0 Å². The summed E-state index contributed by atoms with van der Waals surface area (Å²) >= 11 is 0. The molecule has 6 nitrogen and oxygen atoms in total. The Bertz CT molecular complexity index is 783. The molecule has 0 spiro atoms. The van der Waals surface area contributed by atoms with E-state index in [9.17, 15) is 18.0 Å². The first-order valence-electron chi connectivity index (χ1n) is 5.22. The van der Waals surface area contributed by atoms with Crippen LogP contribution in [0.1, 0.15) is 10.4 Å². The monoisotopic (exact) mass is 276 g/mol. The molecular weight excluding hydrogens is 268 g/mol. The van der Waals surface area contributed by atoms with E-state index in [1.807, 2.05) is 23.5 Å². The van der Waals surface area contributed by atoms with E-state index in [-0.39, 0.29) is 5.56 Å². The van der Waals surface area contributed by atoms with Crippen molar-refractivity contribution in [1.82, 2.24) is 5.32 Å². The summed E-state index contributed by atoms with van der Waals surface area (Å²) in [5.41, 5.74) is 0.276. The van der Waals surface area contributed by atoms with Crippen LogP contribution >= 0.6 is 0 Å². The van der Waals surface area contributed by atoms with Gasteiger partial charge in [-0.05, 0) is 16.8 Å². The van der Waals surface area contributed by atoms with Gasteiger partial charge in [0.2, 0.25) is 0 Å². The molecule has 0 aromatic heterocycles. The summed E-state index contributed by atoms with van der Waals surface area (Å²) < 4.78 is 23.1. The van der Waals surface area contributed by atoms with E-state index in [0.717, 1.165) is 5.39 Å². The number of carbonyl (C=O) groups excluding carboxylic acids is 2. The van der Waals surface area contributed by atoms with E-state index in [0.29, 0.717) is 5.39 Å². The molecule has 0 saturated heterocycles. The van der Waals surface area contributed by atoms with Crippen molar-refractivity contribution in [1.29, 1.82) is 0 Å². The third-order valence-electron chi connectivity index (χ3n) is 2.41. The molecule has 19 heavy (non-hydrogen) atoms. The van der Waals surface area contributed by atoms with Crippen LogP contribution in [-0.4, -0.2) is 20.4 Å². The van der Waals surface area contributed by atoms with Gasteiger partial charge in [0.15, 0.2) is 0 Å². The fraction of sp³-hybridized carbons (Fsp3) is 0. The smallest absolute Gasteiger partial charge is 0.271 e. The molecule has 0 radical (unpaired) electrons. The molecule has 0 aliphatic heterocycles. The second kappa shape index (κ2) is 5.40. The maximum atomic E-state index is 11.9. The van der Waals surface area contributed by atoms with Gasteiger partial charge in [-0.3, -0.25) is 10.1 Å². The number of urea groups is 1. The van der Waals surface area contributed by atoms with Crippen molar-refractivity contribution in [2.24, 2.45) is 4.36 Å². The lowest BCUT2D eigenvalue weighted by Crippen LogP contribution is -2.27. The molecule has 3 amide bonds. The Hall–Kier alpha value is -2.54. The Labute approximate surface area is 109 Å². The number of benzene rings is 2. The van der Waals surface area contributed by atoms with E-state index < -0.39 is 22.4 Å². The molecule has 1 N–H and O–H groups in total. The van der Waals surface area contributed by atoms with Crippen molar-refractivity contribution in [2.75, 3.05) is 0 Å². The molecule has 0 fully saturated rings. The van der Waals surface area contributed by atoms with Crippen molar-refractivity contribution in [2.45, 2.75) is 0 Å². The second-order valence-corrected chi connectivity index (χ2v) is 4.21. The van der Waals surface area contributed by atoms with Gasteiger partial charge in [0.05, 0.1) is 0 Å². The van der Waals surface area contributed by atoms with Crippen LogP contribution in [0.3, 0.4) is 0 Å². The molecule has 0 heterocycles. The predicted octanol–water partition coefficient (Wildman–Crippen LogP) is 1.75. The predicted molar refractivity (Wildman–Crippen MR) is 68.2 cm³/mol. The summed E-state index contributed by atoms with van der Waals surface area (Å²) in [6.07, 6.45) is 0. The van der Waals surface area contributed by atoms with Crippen molar-refractivity contribution < 1.29 is 18.0 Å². The zero-order valence-corrected chi connectivity index (χ0v) is 10.3. The number of carbonyl (C=O) groups is 2. The van der Waals surface area contributed by atoms with E-state index in [1.165, 1.54) is 0 Å². The first-order valence-corrected chi connectivity index (χ1v) is 6.25. The number of fused-ring (bicyclic) bond motifs is 1. The minimum absolute atomic E-state index is 0.276. The quantitative estimate of drug-likeness (QED) is 0.858. The van der Waals surface area contributed by atoms with E-state index in [2.05, 4.69) is 4.36 Å². The average molecular weight is 276 g/mol. The van der Waals surface area contributed by atoms with Gasteiger partial charge in [-0.25, -0.2) is 4.79 Å². The van der Waals surface area contributed by atoms with E-state index in [1.54, 1.807) is 24.3 Å². The summed E-state index contributed by atoms with van der Waals surface area (Å²) in [4.78, 5) is 22.9. The zero-order chi connectivity index (χ0) is 13.8. The van der Waals surface area contributed by atoms with Gasteiger partial charge in [0.1, 0.15) is 0 Å². The molecule has 0 unspecified atom stereocenters. The number of hydrogen-bond donors (Lipinski definition) is 1. The number of imide groups is 1. The molecule has 0 atom stereocenters. The molecule has 0 aliphatic rings. The van der Waals surface area contributed by atoms with Crippen LogP contribution in [0.2, 0.25) is 0 Å². The van der Waals surface area contributed by atoms with Gasteiger partial charge >= 0.3 is 16.5 Å². The SMILES string of the molecule is O=C(N=S(=O)=O)NC(=O)c1cccc2ccccc12. The third-order valence-corrected chi connectivity index (χ3v) is 2.73. The van der Waals surface area contributed by atoms with Crippen molar-refractivity contribution in [3.8, 4) is 0 Å². The number of nitrogens with zero attached hydrogens (tertiary/aromatic N) is 1. The number of hydrogen-bond acceptors (Lipinski definition) is 4. The molecule has 0 bridgehead atoms. The lowest BCUT2D eigenvalue weighted by Gasteiger charge is -2.04. The molecule has 7 heteroatoms. The van der Waals surface area contributed by atoms with Crippen LogP contribution in [-0.2, 0) is 10.5 Å². The van der Waals surface area contributed by atoms with Crippen LogP contribution in [0.4, 0.5) is 4.79 Å². The highest BCUT2D eigenvalue weighted by molar-refractivity contribution is 7.62. The lowest BCUT2D eigenvalue weighted by atomic mass is 10.0. The van der Waals surface area contributed by atoms with Crippen LogP contribution in [0.5, 0.6) is 0 Å². The maximum Gasteiger partial charge on any atom is 0.362 e. The minimum Gasteiger partial charge on any atom is -0.271 e. The Morgan fingerprint density at radius 3 is 2.42 bits per heavy atom. The highest BCUT2D eigenvalue weighted by atomic mass is 32.2. The number of amides is 3. The van der Waals surface area contributed by atoms with Gasteiger partial charge in [-0.1, -0.05) is 40.8 Å². The van der Waals surface area contributed by atoms with Crippen LogP contribution in [0, 0.1) is 0 Å². The molecule has 2 aromatic rings. The molecule has 96 valence electrons. The van der Waals surface area contributed by atoms with Crippen molar-refractivity contribution >= 4 is 33.2 Å². The normalized spacial score (nSPS) is 9.89. The van der Waals surface area contributed by atoms with Gasteiger partial charge in [-0.2, -0.15) is 8.42 Å². The maximum absolute atomic E-state index is 11.9. The van der Waals surface area contributed by atoms with Gasteiger partial charge in [0.25, 0.3) is 5.91 Å². The van der Waals surface area contributed by atoms with Crippen LogP contribution in [0.25, 0.3) is 10.8 Å². The Morgan fingerprint density at radius 2 is 1.68 bits per heavy atom. The highest BCUT2D eigenvalue weighted by Crippen LogP contribution is 2.18. The van der Waals surface area contributed by atoms with Crippen molar-refractivity contribution in [3.63, 3.8) is 0 Å². The molecular formula is C12H8N2O4S.